The molecule has 0 atom stereocenters. The van der Waals surface area contributed by atoms with Crippen molar-refractivity contribution in [3.05, 3.63) is 54.5 Å². The van der Waals surface area contributed by atoms with Crippen molar-refractivity contribution in [3.63, 3.8) is 0 Å². The average Bonchev–Trinajstić information content (AvgIpc) is 2.69. The molecule has 2 aromatic rings. The molecule has 3 rings (SSSR count). The SMILES string of the molecule is C=C(SCCN1CCOCC1)c1cnc(N)c(CNc2ccncc2)c1. The van der Waals surface area contributed by atoms with Gasteiger partial charge in [0, 0.05) is 72.2 Å². The Kier molecular flexibility index (Phi) is 6.88. The number of thioether (sulfide) groups is 1. The maximum atomic E-state index is 6.03. The number of hydrogen-bond acceptors (Lipinski definition) is 7. The third-order valence-electron chi connectivity index (χ3n) is 4.27. The van der Waals surface area contributed by atoms with Crippen LogP contribution in [0.3, 0.4) is 0 Å². The maximum Gasteiger partial charge on any atom is 0.128 e. The van der Waals surface area contributed by atoms with Gasteiger partial charge in [-0.05, 0) is 18.2 Å². The van der Waals surface area contributed by atoms with E-state index in [1.165, 1.54) is 0 Å². The monoisotopic (exact) mass is 371 g/mol. The summed E-state index contributed by atoms with van der Waals surface area (Å²) in [5, 5.41) is 3.34. The number of nitrogens with one attached hydrogen (secondary N) is 1. The van der Waals surface area contributed by atoms with Crippen molar-refractivity contribution in [1.29, 1.82) is 0 Å². The number of hydrogen-bond donors (Lipinski definition) is 2. The van der Waals surface area contributed by atoms with E-state index in [9.17, 15) is 0 Å². The van der Waals surface area contributed by atoms with Crippen LogP contribution in [0, 0.1) is 0 Å². The summed E-state index contributed by atoms with van der Waals surface area (Å²) in [5.41, 5.74) is 9.03. The van der Waals surface area contributed by atoms with E-state index >= 15 is 0 Å². The fourth-order valence-corrected chi connectivity index (χ4v) is 3.56. The molecule has 0 radical (unpaired) electrons. The van der Waals surface area contributed by atoms with Gasteiger partial charge in [-0.1, -0.05) is 6.58 Å². The van der Waals surface area contributed by atoms with Crippen molar-refractivity contribution >= 4 is 28.2 Å². The Morgan fingerprint density at radius 2 is 2.08 bits per heavy atom. The minimum Gasteiger partial charge on any atom is -0.383 e. The van der Waals surface area contributed by atoms with Crippen LogP contribution in [0.4, 0.5) is 11.5 Å². The van der Waals surface area contributed by atoms with Crippen LogP contribution in [0.25, 0.3) is 4.91 Å². The van der Waals surface area contributed by atoms with Crippen LogP contribution in [-0.2, 0) is 11.3 Å². The summed E-state index contributed by atoms with van der Waals surface area (Å²) in [6.07, 6.45) is 5.32. The van der Waals surface area contributed by atoms with Crippen LogP contribution in [-0.4, -0.2) is 53.5 Å². The maximum absolute atomic E-state index is 6.03. The van der Waals surface area contributed by atoms with Gasteiger partial charge in [-0.3, -0.25) is 9.88 Å². The first-order valence-electron chi connectivity index (χ1n) is 8.73. The van der Waals surface area contributed by atoms with Gasteiger partial charge in [0.1, 0.15) is 5.82 Å². The molecule has 1 aliphatic heterocycles. The quantitative estimate of drug-likeness (QED) is 0.739. The van der Waals surface area contributed by atoms with Crippen molar-refractivity contribution < 1.29 is 4.74 Å². The number of nitrogen functional groups attached to an aromatic ring is 1. The van der Waals surface area contributed by atoms with Crippen LogP contribution < -0.4 is 11.1 Å². The van der Waals surface area contributed by atoms with Crippen molar-refractivity contribution in [3.8, 4) is 0 Å². The summed E-state index contributed by atoms with van der Waals surface area (Å²) in [5.74, 6) is 1.55. The first-order valence-corrected chi connectivity index (χ1v) is 9.71. The summed E-state index contributed by atoms with van der Waals surface area (Å²) < 4.78 is 5.38. The lowest BCUT2D eigenvalue weighted by molar-refractivity contribution is 0.0410. The highest BCUT2D eigenvalue weighted by Gasteiger charge is 2.11. The van der Waals surface area contributed by atoms with Crippen molar-refractivity contribution in [2.75, 3.05) is 49.7 Å². The topological polar surface area (TPSA) is 76.3 Å². The van der Waals surface area contributed by atoms with E-state index in [-0.39, 0.29) is 0 Å². The van der Waals surface area contributed by atoms with E-state index in [1.807, 2.05) is 12.1 Å². The Morgan fingerprint density at radius 1 is 1.31 bits per heavy atom. The first kappa shape index (κ1) is 18.7. The lowest BCUT2D eigenvalue weighted by Crippen LogP contribution is -2.37. The van der Waals surface area contributed by atoms with Crippen LogP contribution in [0.2, 0.25) is 0 Å². The second-order valence-electron chi connectivity index (χ2n) is 6.08. The highest BCUT2D eigenvalue weighted by atomic mass is 32.2. The number of nitrogens with two attached hydrogens (primary N) is 1. The third kappa shape index (κ3) is 5.45. The van der Waals surface area contributed by atoms with Crippen molar-refractivity contribution in [2.45, 2.75) is 6.54 Å². The largest absolute Gasteiger partial charge is 0.383 e. The zero-order valence-corrected chi connectivity index (χ0v) is 15.7. The van der Waals surface area contributed by atoms with Crippen molar-refractivity contribution in [2.24, 2.45) is 0 Å². The molecule has 0 aliphatic carbocycles. The Labute approximate surface area is 158 Å². The second-order valence-corrected chi connectivity index (χ2v) is 7.27. The molecule has 1 saturated heterocycles. The number of morpholine rings is 1. The van der Waals surface area contributed by atoms with E-state index in [0.717, 1.165) is 60.3 Å². The number of ether oxygens (including phenoxy) is 1. The third-order valence-corrected chi connectivity index (χ3v) is 5.25. The number of rotatable bonds is 8. The molecule has 2 aromatic heterocycles. The van der Waals surface area contributed by atoms with Crippen LogP contribution in [0.1, 0.15) is 11.1 Å². The lowest BCUT2D eigenvalue weighted by Gasteiger charge is -2.26. The number of aromatic nitrogens is 2. The van der Waals surface area contributed by atoms with E-state index in [0.29, 0.717) is 12.4 Å². The van der Waals surface area contributed by atoms with Gasteiger partial charge < -0.3 is 15.8 Å². The molecular weight excluding hydrogens is 346 g/mol. The van der Waals surface area contributed by atoms with Gasteiger partial charge in [0.25, 0.3) is 0 Å². The molecule has 1 fully saturated rings. The van der Waals surface area contributed by atoms with Gasteiger partial charge in [-0.2, -0.15) is 0 Å². The van der Waals surface area contributed by atoms with E-state index < -0.39 is 0 Å². The highest BCUT2D eigenvalue weighted by molar-refractivity contribution is 8.08. The number of anilines is 2. The lowest BCUT2D eigenvalue weighted by atomic mass is 10.2. The van der Waals surface area contributed by atoms with Gasteiger partial charge in [0.15, 0.2) is 0 Å². The van der Waals surface area contributed by atoms with Crippen LogP contribution in [0.15, 0.2) is 43.4 Å². The van der Waals surface area contributed by atoms with E-state index in [1.54, 1.807) is 30.4 Å². The van der Waals surface area contributed by atoms with Gasteiger partial charge >= 0.3 is 0 Å². The predicted molar refractivity (Wildman–Crippen MR) is 109 cm³/mol. The summed E-state index contributed by atoms with van der Waals surface area (Å²) in [6.45, 7) is 9.57. The van der Waals surface area contributed by atoms with Gasteiger partial charge in [-0.15, -0.1) is 11.8 Å². The smallest absolute Gasteiger partial charge is 0.128 e. The number of pyridine rings is 2. The Morgan fingerprint density at radius 3 is 2.85 bits per heavy atom. The van der Waals surface area contributed by atoms with Gasteiger partial charge in [0.05, 0.1) is 13.2 Å². The molecule has 3 heterocycles. The standard InChI is InChI=1S/C19H25N5OS/c1-15(26-11-8-24-6-9-25-10-7-24)16-12-17(19(20)23-13-16)14-22-18-2-4-21-5-3-18/h2-5,12-13H,1,6-11,14H2,(H2,20,23)(H,21,22). The van der Waals surface area contributed by atoms with E-state index in [2.05, 4.69) is 32.8 Å². The van der Waals surface area contributed by atoms with Crippen LogP contribution in [0.5, 0.6) is 0 Å². The molecule has 1 aliphatic rings. The molecule has 0 aromatic carbocycles. The molecule has 0 saturated carbocycles. The molecular formula is C19H25N5OS. The van der Waals surface area contributed by atoms with Gasteiger partial charge in [-0.25, -0.2) is 4.98 Å². The van der Waals surface area contributed by atoms with Crippen molar-refractivity contribution in [1.82, 2.24) is 14.9 Å². The Hall–Kier alpha value is -2.09. The molecule has 0 spiro atoms. The molecule has 7 heteroatoms. The zero-order valence-electron chi connectivity index (χ0n) is 14.9. The molecule has 26 heavy (non-hydrogen) atoms. The van der Waals surface area contributed by atoms with Crippen LogP contribution >= 0.6 is 11.8 Å². The zero-order chi connectivity index (χ0) is 18.2. The molecule has 0 amide bonds. The summed E-state index contributed by atoms with van der Waals surface area (Å²) in [7, 11) is 0. The fraction of sp³-hybridized carbons (Fsp3) is 0.368. The minimum atomic E-state index is 0.543. The highest BCUT2D eigenvalue weighted by Crippen LogP contribution is 2.27. The first-order chi connectivity index (χ1) is 12.7. The molecule has 0 bridgehead atoms. The molecule has 0 unspecified atom stereocenters. The van der Waals surface area contributed by atoms with Gasteiger partial charge in [0.2, 0.25) is 0 Å². The Balaban J connectivity index is 1.53. The second kappa shape index (κ2) is 9.56. The van der Waals surface area contributed by atoms with E-state index in [4.69, 9.17) is 10.5 Å². The molecule has 138 valence electrons. The fourth-order valence-electron chi connectivity index (χ4n) is 2.69. The number of nitrogens with zero attached hydrogens (tertiary/aromatic N) is 3. The molecule has 6 nitrogen and oxygen atoms in total. The Bertz CT molecular complexity index is 719. The summed E-state index contributed by atoms with van der Waals surface area (Å²) in [6, 6.07) is 5.92. The summed E-state index contributed by atoms with van der Waals surface area (Å²) in [4.78, 5) is 11.8. The predicted octanol–water partition coefficient (Wildman–Crippen LogP) is 2.71. The minimum absolute atomic E-state index is 0.543. The normalized spacial score (nSPS) is 14.9. The molecule has 3 N–H and O–H groups in total. The average molecular weight is 372 g/mol. The summed E-state index contributed by atoms with van der Waals surface area (Å²) >= 11 is 1.77.